The molecule has 24 heavy (non-hydrogen) atoms. The van der Waals surface area contributed by atoms with Crippen molar-refractivity contribution in [2.75, 3.05) is 25.5 Å². The Morgan fingerprint density at radius 2 is 1.92 bits per heavy atom. The Morgan fingerprint density at radius 1 is 1.25 bits per heavy atom. The molecule has 1 unspecified atom stereocenters. The lowest BCUT2D eigenvalue weighted by Crippen LogP contribution is -2.33. The minimum atomic E-state index is -3.44. The van der Waals surface area contributed by atoms with E-state index < -0.39 is 15.9 Å². The molecular formula is C17H25NO5S. The molecule has 1 aromatic carbocycles. The van der Waals surface area contributed by atoms with Gasteiger partial charge >= 0.3 is 0 Å². The molecule has 2 rings (SSSR count). The fourth-order valence-electron chi connectivity index (χ4n) is 2.76. The lowest BCUT2D eigenvalue weighted by Gasteiger charge is -2.26. The van der Waals surface area contributed by atoms with Crippen molar-refractivity contribution in [2.24, 2.45) is 5.92 Å². The van der Waals surface area contributed by atoms with Gasteiger partial charge in [-0.1, -0.05) is 18.2 Å². The summed E-state index contributed by atoms with van der Waals surface area (Å²) in [7, 11) is -3.44. The molecule has 1 saturated heterocycles. The van der Waals surface area contributed by atoms with Gasteiger partial charge in [-0.05, 0) is 37.3 Å². The third-order valence-corrected chi connectivity index (χ3v) is 6.00. The summed E-state index contributed by atoms with van der Waals surface area (Å²) < 4.78 is 29.4. The van der Waals surface area contributed by atoms with Crippen LogP contribution in [0, 0.1) is 5.92 Å². The maximum absolute atomic E-state index is 12.1. The summed E-state index contributed by atoms with van der Waals surface area (Å²) in [5, 5.41) is 12.8. The summed E-state index contributed by atoms with van der Waals surface area (Å²) in [6.07, 6.45) is 1.61. The van der Waals surface area contributed by atoms with Gasteiger partial charge in [0.15, 0.2) is 9.84 Å². The van der Waals surface area contributed by atoms with E-state index in [4.69, 9.17) is 4.74 Å². The molecule has 0 bridgehead atoms. The minimum Gasteiger partial charge on any atom is -0.393 e. The number of carbonyl (C=O) groups excluding carboxylic acids is 1. The van der Waals surface area contributed by atoms with Crippen LogP contribution in [0.15, 0.2) is 35.2 Å². The summed E-state index contributed by atoms with van der Waals surface area (Å²) in [6, 6.07) is 8.11. The number of nitrogens with one attached hydrogen (secondary N) is 1. The van der Waals surface area contributed by atoms with Gasteiger partial charge in [-0.3, -0.25) is 4.79 Å². The van der Waals surface area contributed by atoms with E-state index in [-0.39, 0.29) is 28.9 Å². The second kappa shape index (κ2) is 9.15. The molecule has 7 heteroatoms. The van der Waals surface area contributed by atoms with Gasteiger partial charge in [-0.15, -0.1) is 0 Å². The molecular weight excluding hydrogens is 330 g/mol. The van der Waals surface area contributed by atoms with Crippen LogP contribution in [0.5, 0.6) is 0 Å². The summed E-state index contributed by atoms with van der Waals surface area (Å²) in [6.45, 7) is 1.69. The molecule has 0 spiro atoms. The van der Waals surface area contributed by atoms with Gasteiger partial charge in [0, 0.05) is 26.2 Å². The molecule has 0 aliphatic carbocycles. The molecule has 1 fully saturated rings. The maximum Gasteiger partial charge on any atom is 0.221 e. The Morgan fingerprint density at radius 3 is 2.58 bits per heavy atom. The lowest BCUT2D eigenvalue weighted by molar-refractivity contribution is -0.120. The van der Waals surface area contributed by atoms with Gasteiger partial charge in [0.1, 0.15) is 0 Å². The second-order valence-corrected chi connectivity index (χ2v) is 8.15. The number of benzene rings is 1. The van der Waals surface area contributed by atoms with Crippen LogP contribution < -0.4 is 5.32 Å². The van der Waals surface area contributed by atoms with E-state index in [1.807, 2.05) is 0 Å². The van der Waals surface area contributed by atoms with Crippen molar-refractivity contribution in [2.45, 2.75) is 36.7 Å². The van der Waals surface area contributed by atoms with Crippen molar-refractivity contribution in [3.8, 4) is 0 Å². The number of hydrogen-bond donors (Lipinski definition) is 2. The van der Waals surface area contributed by atoms with Gasteiger partial charge in [0.05, 0.1) is 16.8 Å². The zero-order valence-electron chi connectivity index (χ0n) is 13.7. The first-order valence-corrected chi connectivity index (χ1v) is 9.94. The number of sulfone groups is 1. The van der Waals surface area contributed by atoms with E-state index in [9.17, 15) is 18.3 Å². The van der Waals surface area contributed by atoms with Crippen LogP contribution in [-0.2, 0) is 19.4 Å². The standard InChI is InChI=1S/C17H25NO5S/c19-16(14-7-11-23-12-8-14)6-10-18-17(20)9-13-24(21,22)15-4-2-1-3-5-15/h1-5,14,16,19H,6-13H2,(H,18,20). The van der Waals surface area contributed by atoms with Crippen LogP contribution in [0.1, 0.15) is 25.7 Å². The zero-order valence-corrected chi connectivity index (χ0v) is 14.5. The molecule has 2 N–H and O–H groups in total. The van der Waals surface area contributed by atoms with Crippen molar-refractivity contribution >= 4 is 15.7 Å². The minimum absolute atomic E-state index is 0.0788. The summed E-state index contributed by atoms with van der Waals surface area (Å²) in [5.74, 6) is -0.312. The van der Waals surface area contributed by atoms with E-state index in [0.717, 1.165) is 12.8 Å². The van der Waals surface area contributed by atoms with Gasteiger partial charge in [0.2, 0.25) is 5.91 Å². The second-order valence-electron chi connectivity index (χ2n) is 6.04. The first kappa shape index (κ1) is 18.9. The number of hydrogen-bond acceptors (Lipinski definition) is 5. The van der Waals surface area contributed by atoms with Crippen LogP contribution in [0.3, 0.4) is 0 Å². The molecule has 134 valence electrons. The molecule has 1 aliphatic heterocycles. The van der Waals surface area contributed by atoms with Crippen molar-refractivity contribution in [1.29, 1.82) is 0 Å². The third-order valence-electron chi connectivity index (χ3n) is 4.27. The highest BCUT2D eigenvalue weighted by Gasteiger charge is 2.22. The van der Waals surface area contributed by atoms with Gasteiger partial charge < -0.3 is 15.2 Å². The van der Waals surface area contributed by atoms with E-state index in [1.165, 1.54) is 12.1 Å². The van der Waals surface area contributed by atoms with Crippen LogP contribution in [0.2, 0.25) is 0 Å². The average Bonchev–Trinajstić information content (AvgIpc) is 2.61. The third kappa shape index (κ3) is 5.89. The zero-order chi connectivity index (χ0) is 17.4. The average molecular weight is 355 g/mol. The van der Waals surface area contributed by atoms with Gasteiger partial charge in [-0.2, -0.15) is 0 Å². The lowest BCUT2D eigenvalue weighted by atomic mass is 9.92. The van der Waals surface area contributed by atoms with E-state index >= 15 is 0 Å². The number of amides is 1. The van der Waals surface area contributed by atoms with Crippen LogP contribution in [-0.4, -0.2) is 51.0 Å². The fraction of sp³-hybridized carbons (Fsp3) is 0.588. The predicted molar refractivity (Wildman–Crippen MR) is 90.3 cm³/mol. The quantitative estimate of drug-likeness (QED) is 0.730. The number of ether oxygens (including phenoxy) is 1. The first-order chi connectivity index (χ1) is 11.5. The van der Waals surface area contributed by atoms with Crippen molar-refractivity contribution in [3.05, 3.63) is 30.3 Å². The van der Waals surface area contributed by atoms with E-state index in [0.29, 0.717) is 26.2 Å². The molecule has 1 amide bonds. The molecule has 1 aromatic rings. The summed E-state index contributed by atoms with van der Waals surface area (Å²) in [5.41, 5.74) is 0. The van der Waals surface area contributed by atoms with Crippen LogP contribution >= 0.6 is 0 Å². The predicted octanol–water partition coefficient (Wildman–Crippen LogP) is 1.14. The molecule has 0 saturated carbocycles. The van der Waals surface area contributed by atoms with E-state index in [1.54, 1.807) is 18.2 Å². The van der Waals surface area contributed by atoms with Crippen LogP contribution in [0.4, 0.5) is 0 Å². The van der Waals surface area contributed by atoms with Gasteiger partial charge in [0.25, 0.3) is 0 Å². The Balaban J connectivity index is 1.68. The normalized spacial score (nSPS) is 17.4. The van der Waals surface area contributed by atoms with Gasteiger partial charge in [-0.25, -0.2) is 8.42 Å². The number of aliphatic hydroxyl groups is 1. The molecule has 1 aliphatic rings. The highest BCUT2D eigenvalue weighted by Crippen LogP contribution is 2.20. The number of aliphatic hydroxyl groups excluding tert-OH is 1. The highest BCUT2D eigenvalue weighted by molar-refractivity contribution is 7.91. The van der Waals surface area contributed by atoms with Crippen LogP contribution in [0.25, 0.3) is 0 Å². The Hall–Kier alpha value is -1.44. The highest BCUT2D eigenvalue weighted by atomic mass is 32.2. The molecule has 0 aromatic heterocycles. The molecule has 6 nitrogen and oxygen atoms in total. The SMILES string of the molecule is O=C(CCS(=O)(=O)c1ccccc1)NCCC(O)C1CCOCC1. The monoisotopic (exact) mass is 355 g/mol. The van der Waals surface area contributed by atoms with Crippen molar-refractivity contribution in [1.82, 2.24) is 5.32 Å². The smallest absolute Gasteiger partial charge is 0.221 e. The van der Waals surface area contributed by atoms with Crippen molar-refractivity contribution in [3.63, 3.8) is 0 Å². The number of rotatable bonds is 8. The largest absolute Gasteiger partial charge is 0.393 e. The Kier molecular flexibility index (Phi) is 7.20. The molecule has 1 heterocycles. The van der Waals surface area contributed by atoms with Crippen molar-refractivity contribution < 1.29 is 23.1 Å². The topological polar surface area (TPSA) is 92.7 Å². The molecule has 0 radical (unpaired) electrons. The maximum atomic E-state index is 12.1. The molecule has 1 atom stereocenters. The Bertz CT molecular complexity index is 611. The number of carbonyl (C=O) groups is 1. The van der Waals surface area contributed by atoms with E-state index in [2.05, 4.69) is 5.32 Å². The fourth-order valence-corrected chi connectivity index (χ4v) is 4.02. The summed E-state index contributed by atoms with van der Waals surface area (Å²) >= 11 is 0. The first-order valence-electron chi connectivity index (χ1n) is 8.29. The summed E-state index contributed by atoms with van der Waals surface area (Å²) in [4.78, 5) is 12.0. The Labute approximate surface area is 143 Å².